The Morgan fingerprint density at radius 1 is 1.18 bits per heavy atom. The van der Waals surface area contributed by atoms with Gasteiger partial charge >= 0.3 is 5.97 Å². The van der Waals surface area contributed by atoms with E-state index in [9.17, 15) is 9.18 Å². The number of nitrogens with zero attached hydrogens (tertiary/aromatic N) is 2. The van der Waals surface area contributed by atoms with Crippen LogP contribution in [-0.4, -0.2) is 11.1 Å². The lowest BCUT2D eigenvalue weighted by molar-refractivity contribution is 0.0697. The van der Waals surface area contributed by atoms with Gasteiger partial charge in [0.25, 0.3) is 0 Å². The number of halogens is 1. The minimum absolute atomic E-state index is 0.115. The molecular formula is C17H17FN2O2. The molecule has 1 N–H and O–H groups in total. The standard InChI is InChI=1S/C17H17FN2O2/c1-10(2)14-9-16(15(18)7-11(14)3)20-19-13-6-4-5-12(8-13)17(21)22/h4-10H,1-3H3,(H,21,22). The van der Waals surface area contributed by atoms with Gasteiger partial charge in [-0.3, -0.25) is 0 Å². The zero-order chi connectivity index (χ0) is 16.3. The first-order valence-corrected chi connectivity index (χ1v) is 6.93. The Morgan fingerprint density at radius 3 is 2.55 bits per heavy atom. The summed E-state index contributed by atoms with van der Waals surface area (Å²) in [6.45, 7) is 5.91. The lowest BCUT2D eigenvalue weighted by Gasteiger charge is -2.10. The normalized spacial score (nSPS) is 11.3. The Labute approximate surface area is 128 Å². The van der Waals surface area contributed by atoms with Crippen LogP contribution < -0.4 is 0 Å². The van der Waals surface area contributed by atoms with Crippen LogP contribution in [0.25, 0.3) is 0 Å². The maximum atomic E-state index is 14.0. The predicted octanol–water partition coefficient (Wildman–Crippen LogP) is 5.37. The molecule has 0 amide bonds. The average molecular weight is 300 g/mol. The Bertz CT molecular complexity index is 739. The summed E-state index contributed by atoms with van der Waals surface area (Å²) in [5.74, 6) is -1.23. The van der Waals surface area contributed by atoms with E-state index in [0.29, 0.717) is 5.69 Å². The van der Waals surface area contributed by atoms with Crippen LogP contribution in [0.3, 0.4) is 0 Å². The summed E-state index contributed by atoms with van der Waals surface area (Å²) in [6, 6.07) is 9.16. The molecule has 0 saturated heterocycles. The molecule has 0 fully saturated rings. The third-order valence-corrected chi connectivity index (χ3v) is 3.32. The lowest BCUT2D eigenvalue weighted by atomic mass is 9.97. The highest BCUT2D eigenvalue weighted by molar-refractivity contribution is 5.88. The van der Waals surface area contributed by atoms with Crippen LogP contribution in [0.2, 0.25) is 0 Å². The van der Waals surface area contributed by atoms with Crippen LogP contribution in [0.5, 0.6) is 0 Å². The van der Waals surface area contributed by atoms with Crippen molar-refractivity contribution in [1.29, 1.82) is 0 Å². The fraction of sp³-hybridized carbons (Fsp3) is 0.235. The molecule has 4 nitrogen and oxygen atoms in total. The molecule has 0 aliphatic heterocycles. The van der Waals surface area contributed by atoms with Gasteiger partial charge < -0.3 is 5.11 Å². The van der Waals surface area contributed by atoms with E-state index in [1.807, 2.05) is 20.8 Å². The molecule has 0 spiro atoms. The molecule has 2 rings (SSSR count). The second kappa shape index (κ2) is 6.47. The molecule has 0 heterocycles. The summed E-state index contributed by atoms with van der Waals surface area (Å²) in [5.41, 5.74) is 2.51. The molecule has 0 aromatic heterocycles. The van der Waals surface area contributed by atoms with Crippen LogP contribution in [0.4, 0.5) is 15.8 Å². The molecular weight excluding hydrogens is 283 g/mol. The summed E-state index contributed by atoms with van der Waals surface area (Å²) < 4.78 is 14.0. The molecule has 114 valence electrons. The van der Waals surface area contributed by atoms with E-state index in [1.54, 1.807) is 18.2 Å². The Hall–Kier alpha value is -2.56. The van der Waals surface area contributed by atoms with Gasteiger partial charge in [-0.2, -0.15) is 5.11 Å². The van der Waals surface area contributed by atoms with Gasteiger partial charge in [0.15, 0.2) is 5.82 Å². The molecule has 0 bridgehead atoms. The monoisotopic (exact) mass is 300 g/mol. The second-order valence-corrected chi connectivity index (χ2v) is 5.37. The number of benzene rings is 2. The minimum atomic E-state index is -1.04. The maximum Gasteiger partial charge on any atom is 0.335 e. The second-order valence-electron chi connectivity index (χ2n) is 5.37. The van der Waals surface area contributed by atoms with Crippen molar-refractivity contribution in [3.63, 3.8) is 0 Å². The topological polar surface area (TPSA) is 62.0 Å². The number of carbonyl (C=O) groups is 1. The molecule has 5 heteroatoms. The van der Waals surface area contributed by atoms with E-state index in [0.717, 1.165) is 11.1 Å². The molecule has 0 atom stereocenters. The number of aromatic carboxylic acids is 1. The summed E-state index contributed by atoms with van der Waals surface area (Å²) in [4.78, 5) is 10.9. The largest absolute Gasteiger partial charge is 0.478 e. The van der Waals surface area contributed by atoms with Crippen molar-refractivity contribution in [3.05, 3.63) is 58.9 Å². The van der Waals surface area contributed by atoms with Gasteiger partial charge in [0.1, 0.15) is 5.69 Å². The lowest BCUT2D eigenvalue weighted by Crippen LogP contribution is -1.94. The van der Waals surface area contributed by atoms with Crippen molar-refractivity contribution in [3.8, 4) is 0 Å². The van der Waals surface area contributed by atoms with Crippen molar-refractivity contribution < 1.29 is 14.3 Å². The van der Waals surface area contributed by atoms with Gasteiger partial charge in [-0.25, -0.2) is 9.18 Å². The van der Waals surface area contributed by atoms with Crippen LogP contribution in [0, 0.1) is 12.7 Å². The first-order chi connectivity index (χ1) is 10.4. The van der Waals surface area contributed by atoms with Crippen LogP contribution in [0.15, 0.2) is 46.6 Å². The van der Waals surface area contributed by atoms with Crippen LogP contribution >= 0.6 is 0 Å². The number of carboxylic acid groups (broad SMARTS) is 1. The van der Waals surface area contributed by atoms with E-state index in [4.69, 9.17) is 5.11 Å². The fourth-order valence-electron chi connectivity index (χ4n) is 2.19. The Kier molecular flexibility index (Phi) is 4.65. The molecule has 0 aliphatic rings. The molecule has 0 radical (unpaired) electrons. The third kappa shape index (κ3) is 3.55. The predicted molar refractivity (Wildman–Crippen MR) is 82.8 cm³/mol. The van der Waals surface area contributed by atoms with Crippen molar-refractivity contribution >= 4 is 17.3 Å². The minimum Gasteiger partial charge on any atom is -0.478 e. The number of rotatable bonds is 4. The number of azo groups is 1. The summed E-state index contributed by atoms with van der Waals surface area (Å²) >= 11 is 0. The van der Waals surface area contributed by atoms with Crippen LogP contribution in [0.1, 0.15) is 41.3 Å². The highest BCUT2D eigenvalue weighted by Gasteiger charge is 2.10. The van der Waals surface area contributed by atoms with Crippen molar-refractivity contribution in [1.82, 2.24) is 0 Å². The number of hydrogen-bond acceptors (Lipinski definition) is 3. The number of hydrogen-bond donors (Lipinski definition) is 1. The van der Waals surface area contributed by atoms with E-state index in [2.05, 4.69) is 10.2 Å². The van der Waals surface area contributed by atoms with Gasteiger partial charge in [0.2, 0.25) is 0 Å². The third-order valence-electron chi connectivity index (χ3n) is 3.32. The fourth-order valence-corrected chi connectivity index (χ4v) is 2.19. The van der Waals surface area contributed by atoms with E-state index in [-0.39, 0.29) is 17.2 Å². The smallest absolute Gasteiger partial charge is 0.335 e. The molecule has 22 heavy (non-hydrogen) atoms. The molecule has 0 aliphatic carbocycles. The molecule has 2 aromatic carbocycles. The zero-order valence-corrected chi connectivity index (χ0v) is 12.7. The van der Waals surface area contributed by atoms with Gasteiger partial charge in [-0.05, 0) is 54.3 Å². The molecule has 0 saturated carbocycles. The van der Waals surface area contributed by atoms with Gasteiger partial charge in [0, 0.05) is 0 Å². The number of carboxylic acids is 1. The van der Waals surface area contributed by atoms with E-state index in [1.165, 1.54) is 18.2 Å². The maximum absolute atomic E-state index is 14.0. The Balaban J connectivity index is 2.36. The van der Waals surface area contributed by atoms with Crippen molar-refractivity contribution in [2.45, 2.75) is 26.7 Å². The van der Waals surface area contributed by atoms with Crippen molar-refractivity contribution in [2.24, 2.45) is 10.2 Å². The number of aryl methyl sites for hydroxylation is 1. The highest BCUT2D eigenvalue weighted by Crippen LogP contribution is 2.29. The molecule has 2 aromatic rings. The van der Waals surface area contributed by atoms with Gasteiger partial charge in [-0.15, -0.1) is 5.11 Å². The summed E-state index contributed by atoms with van der Waals surface area (Å²) in [5, 5.41) is 16.8. The van der Waals surface area contributed by atoms with E-state index < -0.39 is 11.8 Å². The summed E-state index contributed by atoms with van der Waals surface area (Å²) in [6.07, 6.45) is 0. The first kappa shape index (κ1) is 15.8. The average Bonchev–Trinajstić information content (AvgIpc) is 2.46. The SMILES string of the molecule is Cc1cc(F)c(N=Nc2cccc(C(=O)O)c2)cc1C(C)C. The highest BCUT2D eigenvalue weighted by atomic mass is 19.1. The zero-order valence-electron chi connectivity index (χ0n) is 12.7. The molecule has 0 unspecified atom stereocenters. The van der Waals surface area contributed by atoms with Crippen LogP contribution in [-0.2, 0) is 0 Å². The van der Waals surface area contributed by atoms with Gasteiger partial charge in [0.05, 0.1) is 11.3 Å². The summed E-state index contributed by atoms with van der Waals surface area (Å²) in [7, 11) is 0. The first-order valence-electron chi connectivity index (χ1n) is 6.93. The van der Waals surface area contributed by atoms with E-state index >= 15 is 0 Å². The quantitative estimate of drug-likeness (QED) is 0.771. The van der Waals surface area contributed by atoms with Gasteiger partial charge in [-0.1, -0.05) is 19.9 Å². The Morgan fingerprint density at radius 2 is 1.91 bits per heavy atom. The van der Waals surface area contributed by atoms with Crippen molar-refractivity contribution in [2.75, 3.05) is 0 Å².